The van der Waals surface area contributed by atoms with E-state index in [1.165, 1.54) is 0 Å². The summed E-state index contributed by atoms with van der Waals surface area (Å²) < 4.78 is 7.80. The van der Waals surface area contributed by atoms with Crippen LogP contribution in [0, 0.1) is 5.92 Å². The number of aryl methyl sites for hydroxylation is 1. The Hall–Kier alpha value is -2.47. The number of ether oxygens (including phenoxy) is 1. The minimum absolute atomic E-state index is 0.0600. The van der Waals surface area contributed by atoms with Crippen molar-refractivity contribution in [3.05, 3.63) is 59.4 Å². The predicted octanol–water partition coefficient (Wildman–Crippen LogP) is 2.42. The molecular weight excluding hydrogens is 328 g/mol. The van der Waals surface area contributed by atoms with Crippen LogP contribution in [0.5, 0.6) is 0 Å². The smallest absolute Gasteiger partial charge is 0.226 e. The van der Waals surface area contributed by atoms with Crippen LogP contribution in [-0.4, -0.2) is 39.0 Å². The first kappa shape index (κ1) is 17.0. The zero-order chi connectivity index (χ0) is 17.9. The first-order valence-electron chi connectivity index (χ1n) is 9.19. The van der Waals surface area contributed by atoms with E-state index >= 15 is 0 Å². The number of allylic oxidation sites excluding steroid dienone is 2. The number of carbonyl (C=O) groups excluding carboxylic acids is 1. The molecular formula is C20H24N4O2. The van der Waals surface area contributed by atoms with Crippen molar-refractivity contribution in [1.82, 2.24) is 19.9 Å². The van der Waals surface area contributed by atoms with Gasteiger partial charge in [0, 0.05) is 25.9 Å². The number of aromatic nitrogens is 3. The number of hydrogen-bond donors (Lipinski definition) is 0. The second-order valence-corrected chi connectivity index (χ2v) is 6.98. The van der Waals surface area contributed by atoms with Gasteiger partial charge in [0.1, 0.15) is 11.7 Å². The van der Waals surface area contributed by atoms with E-state index in [4.69, 9.17) is 4.74 Å². The van der Waals surface area contributed by atoms with E-state index in [1.54, 1.807) is 0 Å². The summed E-state index contributed by atoms with van der Waals surface area (Å²) in [4.78, 5) is 15.0. The molecule has 6 heteroatoms. The summed E-state index contributed by atoms with van der Waals surface area (Å²) in [5, 5.41) is 8.51. The third kappa shape index (κ3) is 3.29. The van der Waals surface area contributed by atoms with Crippen LogP contribution in [0.4, 0.5) is 0 Å². The summed E-state index contributed by atoms with van der Waals surface area (Å²) in [6.45, 7) is 1.66. The maximum Gasteiger partial charge on any atom is 0.226 e. The zero-order valence-electron chi connectivity index (χ0n) is 15.0. The molecule has 2 aromatic rings. The Labute approximate surface area is 153 Å². The van der Waals surface area contributed by atoms with Crippen LogP contribution >= 0.6 is 0 Å². The molecule has 0 N–H and O–H groups in total. The fourth-order valence-corrected chi connectivity index (χ4v) is 3.82. The molecule has 0 fully saturated rings. The highest BCUT2D eigenvalue weighted by Crippen LogP contribution is 2.32. The van der Waals surface area contributed by atoms with Crippen LogP contribution in [0.15, 0.2) is 42.5 Å². The van der Waals surface area contributed by atoms with Gasteiger partial charge in [-0.1, -0.05) is 47.7 Å². The van der Waals surface area contributed by atoms with Crippen molar-refractivity contribution < 1.29 is 9.53 Å². The molecule has 0 saturated carbocycles. The highest BCUT2D eigenvalue weighted by molar-refractivity contribution is 5.80. The van der Waals surface area contributed by atoms with E-state index in [0.717, 1.165) is 36.2 Å². The number of amides is 1. The molecule has 1 aromatic carbocycles. The Kier molecular flexibility index (Phi) is 4.84. The largest absolute Gasteiger partial charge is 0.374 e. The lowest BCUT2D eigenvalue weighted by Crippen LogP contribution is -2.44. The highest BCUT2D eigenvalue weighted by atomic mass is 16.5. The van der Waals surface area contributed by atoms with E-state index in [2.05, 4.69) is 22.5 Å². The number of hydrogen-bond acceptors (Lipinski definition) is 4. The second-order valence-electron chi connectivity index (χ2n) is 6.98. The van der Waals surface area contributed by atoms with Gasteiger partial charge in [0.05, 0.1) is 18.9 Å². The molecule has 0 spiro atoms. The number of fused-ring (bicyclic) bond motifs is 1. The predicted molar refractivity (Wildman–Crippen MR) is 97.1 cm³/mol. The molecule has 0 saturated heterocycles. The van der Waals surface area contributed by atoms with Crippen LogP contribution in [0.3, 0.4) is 0 Å². The molecule has 6 nitrogen and oxygen atoms in total. The fraction of sp³-hybridized carbons (Fsp3) is 0.450. The molecule has 0 radical (unpaired) electrons. The Bertz CT molecular complexity index is 791. The van der Waals surface area contributed by atoms with Crippen LogP contribution in [0.1, 0.15) is 35.8 Å². The molecule has 1 aliphatic carbocycles. The Morgan fingerprint density at radius 1 is 1.23 bits per heavy atom. The Morgan fingerprint density at radius 2 is 2.00 bits per heavy atom. The zero-order valence-corrected chi connectivity index (χ0v) is 15.0. The minimum atomic E-state index is -0.163. The Balaban J connectivity index is 1.50. The summed E-state index contributed by atoms with van der Waals surface area (Å²) in [7, 11) is 1.91. The summed E-state index contributed by atoms with van der Waals surface area (Å²) in [6, 6.07) is 9.92. The van der Waals surface area contributed by atoms with E-state index < -0.39 is 0 Å². The van der Waals surface area contributed by atoms with Crippen LogP contribution in [-0.2, 0) is 29.6 Å². The standard InChI is InChI=1S/C20H24N4O2/c1-23-17-11-12-24(20(25)16-9-5-6-10-16)18(19(17)21-22-23)14-26-13-15-7-3-2-4-8-15/h2-8,16,18H,9-14H2,1H3/t18-/m0/s1. The van der Waals surface area contributed by atoms with Crippen molar-refractivity contribution >= 4 is 5.91 Å². The van der Waals surface area contributed by atoms with Gasteiger partial charge in [0.15, 0.2) is 0 Å². The SMILES string of the molecule is Cn1nnc2c1CCN(C(=O)C1CC=CC1)[C@H]2COCc1ccccc1. The molecule has 136 valence electrons. The second kappa shape index (κ2) is 7.41. The maximum atomic E-state index is 13.0. The van der Waals surface area contributed by atoms with Crippen LogP contribution in [0.25, 0.3) is 0 Å². The molecule has 0 bridgehead atoms. The van der Waals surface area contributed by atoms with Crippen molar-refractivity contribution in [1.29, 1.82) is 0 Å². The van der Waals surface area contributed by atoms with Crippen molar-refractivity contribution in [3.8, 4) is 0 Å². The normalized spacial score (nSPS) is 19.7. The van der Waals surface area contributed by atoms with Gasteiger partial charge in [-0.25, -0.2) is 0 Å². The molecule has 4 rings (SSSR count). The highest BCUT2D eigenvalue weighted by Gasteiger charge is 2.37. The van der Waals surface area contributed by atoms with Crippen LogP contribution in [0.2, 0.25) is 0 Å². The summed E-state index contributed by atoms with van der Waals surface area (Å²) in [5.74, 6) is 0.268. The molecule has 26 heavy (non-hydrogen) atoms. The van der Waals surface area contributed by atoms with Gasteiger partial charge < -0.3 is 9.64 Å². The van der Waals surface area contributed by atoms with Crippen molar-refractivity contribution in [2.24, 2.45) is 13.0 Å². The molecule has 2 heterocycles. The number of nitrogens with zero attached hydrogens (tertiary/aromatic N) is 4. The number of carbonyl (C=O) groups is 1. The minimum Gasteiger partial charge on any atom is -0.374 e. The lowest BCUT2D eigenvalue weighted by Gasteiger charge is -2.36. The third-order valence-electron chi connectivity index (χ3n) is 5.28. The lowest BCUT2D eigenvalue weighted by atomic mass is 9.98. The molecule has 1 atom stereocenters. The van der Waals surface area contributed by atoms with Crippen molar-refractivity contribution in [2.45, 2.75) is 31.9 Å². The topological polar surface area (TPSA) is 60.2 Å². The lowest BCUT2D eigenvalue weighted by molar-refractivity contribution is -0.140. The van der Waals surface area contributed by atoms with Gasteiger partial charge in [-0.3, -0.25) is 9.48 Å². The quantitative estimate of drug-likeness (QED) is 0.776. The van der Waals surface area contributed by atoms with E-state index in [9.17, 15) is 4.79 Å². The van der Waals surface area contributed by atoms with Crippen molar-refractivity contribution in [3.63, 3.8) is 0 Å². The van der Waals surface area contributed by atoms with Gasteiger partial charge >= 0.3 is 0 Å². The number of benzene rings is 1. The number of rotatable bonds is 5. The Morgan fingerprint density at radius 3 is 2.77 bits per heavy atom. The van der Waals surface area contributed by atoms with E-state index in [-0.39, 0.29) is 17.9 Å². The van der Waals surface area contributed by atoms with Crippen LogP contribution < -0.4 is 0 Å². The average Bonchev–Trinajstić information content (AvgIpc) is 3.33. The fourth-order valence-electron chi connectivity index (χ4n) is 3.82. The first-order chi connectivity index (χ1) is 12.7. The van der Waals surface area contributed by atoms with Gasteiger partial charge in [0.2, 0.25) is 5.91 Å². The monoisotopic (exact) mass is 352 g/mol. The molecule has 1 amide bonds. The first-order valence-corrected chi connectivity index (χ1v) is 9.19. The van der Waals surface area contributed by atoms with Gasteiger partial charge in [-0.05, 0) is 18.4 Å². The molecule has 2 aliphatic rings. The maximum absolute atomic E-state index is 13.0. The molecule has 0 unspecified atom stereocenters. The molecule has 1 aliphatic heterocycles. The van der Waals surface area contributed by atoms with E-state index in [1.807, 2.05) is 47.0 Å². The third-order valence-corrected chi connectivity index (χ3v) is 5.28. The summed E-state index contributed by atoms with van der Waals surface area (Å²) >= 11 is 0. The van der Waals surface area contributed by atoms with Gasteiger partial charge in [-0.15, -0.1) is 5.10 Å². The summed E-state index contributed by atoms with van der Waals surface area (Å²) in [5.41, 5.74) is 3.11. The average molecular weight is 352 g/mol. The van der Waals surface area contributed by atoms with Crippen molar-refractivity contribution in [2.75, 3.05) is 13.2 Å². The van der Waals surface area contributed by atoms with E-state index in [0.29, 0.717) is 19.8 Å². The van der Waals surface area contributed by atoms with Gasteiger partial charge in [-0.2, -0.15) is 0 Å². The van der Waals surface area contributed by atoms with Gasteiger partial charge in [0.25, 0.3) is 0 Å². The molecule has 1 aromatic heterocycles. The summed E-state index contributed by atoms with van der Waals surface area (Å²) in [6.07, 6.45) is 6.66.